The molecule has 0 aliphatic heterocycles. The van der Waals surface area contributed by atoms with Crippen molar-refractivity contribution in [2.75, 3.05) is 20.7 Å². The first-order valence-corrected chi connectivity index (χ1v) is 5.45. The predicted molar refractivity (Wildman–Crippen MR) is 66.4 cm³/mol. The van der Waals surface area contributed by atoms with Crippen LogP contribution in [0.3, 0.4) is 0 Å². The van der Waals surface area contributed by atoms with Gasteiger partial charge < -0.3 is 9.64 Å². The average Bonchev–Trinajstić information content (AvgIpc) is 2.21. The zero-order valence-electron chi connectivity index (χ0n) is 10.2. The molecule has 0 N–H and O–H groups in total. The molecule has 15 heavy (non-hydrogen) atoms. The summed E-state index contributed by atoms with van der Waals surface area (Å²) in [6.45, 7) is 6.77. The summed E-state index contributed by atoms with van der Waals surface area (Å²) in [6.07, 6.45) is 2.93. The average molecular weight is 233 g/mol. The minimum absolute atomic E-state index is 0.283. The molecule has 0 aromatic heterocycles. The summed E-state index contributed by atoms with van der Waals surface area (Å²) in [5, 5.41) is 0.688. The third-order valence-electron chi connectivity index (χ3n) is 2.26. The Morgan fingerprint density at radius 2 is 2.13 bits per heavy atom. The molecule has 0 aliphatic carbocycles. The third kappa shape index (κ3) is 7.40. The largest absolute Gasteiger partial charge is 0.382 e. The Kier molecular flexibility index (Phi) is 7.44. The fraction of sp³-hybridized carbons (Fsp3) is 0.727. The highest BCUT2D eigenvalue weighted by molar-refractivity contribution is 6.29. The Bertz CT molecular complexity index is 235. The molecule has 1 unspecified atom stereocenters. The molecule has 88 valence electrons. The number of ether oxygens (including phenoxy) is 1. The zero-order chi connectivity index (χ0) is 11.8. The molecule has 0 saturated heterocycles. The zero-order valence-corrected chi connectivity index (χ0v) is 11.0. The van der Waals surface area contributed by atoms with E-state index in [1.54, 1.807) is 13.3 Å². The van der Waals surface area contributed by atoms with Gasteiger partial charge in [-0.1, -0.05) is 11.6 Å². The van der Waals surface area contributed by atoms with E-state index in [9.17, 15) is 0 Å². The molecule has 0 aromatic rings. The van der Waals surface area contributed by atoms with Gasteiger partial charge in [-0.3, -0.25) is 0 Å². The lowest BCUT2D eigenvalue weighted by molar-refractivity contribution is 0.106. The molecular weight excluding hydrogens is 212 g/mol. The third-order valence-corrected chi connectivity index (χ3v) is 2.35. The van der Waals surface area contributed by atoms with Crippen molar-refractivity contribution in [1.82, 2.24) is 4.90 Å². The van der Waals surface area contributed by atoms with Gasteiger partial charge in [0, 0.05) is 31.9 Å². The summed E-state index contributed by atoms with van der Waals surface area (Å²) in [7, 11) is 3.74. The van der Waals surface area contributed by atoms with Crippen LogP contribution < -0.4 is 0 Å². The van der Waals surface area contributed by atoms with E-state index in [0.717, 1.165) is 18.8 Å². The highest BCUT2D eigenvalue weighted by Crippen LogP contribution is 2.01. The number of amidine groups is 1. The molecule has 0 rings (SSSR count). The highest BCUT2D eigenvalue weighted by atomic mass is 35.5. The van der Waals surface area contributed by atoms with Crippen molar-refractivity contribution in [3.63, 3.8) is 0 Å². The van der Waals surface area contributed by atoms with E-state index in [2.05, 4.69) is 16.8 Å². The normalized spacial score (nSPS) is 15.3. The van der Waals surface area contributed by atoms with Crippen LogP contribution in [-0.2, 0) is 4.74 Å². The molecule has 4 heteroatoms. The number of halogens is 1. The van der Waals surface area contributed by atoms with Crippen molar-refractivity contribution in [2.24, 2.45) is 4.99 Å². The first-order chi connectivity index (χ1) is 6.97. The number of allylic oxidation sites excluding steroid dienone is 1. The summed E-state index contributed by atoms with van der Waals surface area (Å²) >= 11 is 5.69. The maximum absolute atomic E-state index is 5.69. The predicted octanol–water partition coefficient (Wildman–Crippen LogP) is 2.86. The molecule has 0 saturated carbocycles. The molecule has 0 heterocycles. The molecule has 0 aromatic carbocycles. The lowest BCUT2D eigenvalue weighted by Crippen LogP contribution is -2.27. The topological polar surface area (TPSA) is 24.8 Å². The maximum Gasteiger partial charge on any atom is 0.101 e. The van der Waals surface area contributed by atoms with Crippen molar-refractivity contribution in [3.05, 3.63) is 11.2 Å². The standard InChI is InChI=1S/C11H21ClN2O/c1-9(12)8-13-11(3)14(4)7-6-10(2)15-5/h8,10H,6-7H2,1-5H3/b9-8+,13-11?. The van der Waals surface area contributed by atoms with Gasteiger partial charge in [0.05, 0.1) is 6.10 Å². The maximum atomic E-state index is 5.69. The fourth-order valence-electron chi connectivity index (χ4n) is 0.936. The minimum Gasteiger partial charge on any atom is -0.382 e. The summed E-state index contributed by atoms with van der Waals surface area (Å²) < 4.78 is 5.18. The monoisotopic (exact) mass is 232 g/mol. The van der Waals surface area contributed by atoms with Gasteiger partial charge in [-0.15, -0.1) is 0 Å². The van der Waals surface area contributed by atoms with Crippen LogP contribution in [0.25, 0.3) is 0 Å². The van der Waals surface area contributed by atoms with E-state index in [1.807, 2.05) is 20.9 Å². The molecule has 0 fully saturated rings. The lowest BCUT2D eigenvalue weighted by atomic mass is 10.3. The number of hydrogen-bond acceptors (Lipinski definition) is 2. The number of aliphatic imine (C=N–C) groups is 1. The van der Waals surface area contributed by atoms with Gasteiger partial charge in [-0.2, -0.15) is 0 Å². The van der Waals surface area contributed by atoms with Crippen LogP contribution in [0.15, 0.2) is 16.2 Å². The number of nitrogens with zero attached hydrogens (tertiary/aromatic N) is 2. The fourth-order valence-corrected chi connectivity index (χ4v) is 0.985. The Labute approximate surface area is 97.8 Å². The highest BCUT2D eigenvalue weighted by Gasteiger charge is 2.03. The van der Waals surface area contributed by atoms with E-state index in [0.29, 0.717) is 5.03 Å². The van der Waals surface area contributed by atoms with Crippen LogP contribution >= 0.6 is 11.6 Å². The van der Waals surface area contributed by atoms with Crippen molar-refractivity contribution in [3.8, 4) is 0 Å². The molecule has 1 atom stereocenters. The van der Waals surface area contributed by atoms with Crippen LogP contribution in [-0.4, -0.2) is 37.5 Å². The van der Waals surface area contributed by atoms with E-state index in [4.69, 9.17) is 16.3 Å². The van der Waals surface area contributed by atoms with Gasteiger partial charge in [-0.05, 0) is 27.2 Å². The van der Waals surface area contributed by atoms with Crippen LogP contribution in [0.1, 0.15) is 27.2 Å². The van der Waals surface area contributed by atoms with Crippen molar-refractivity contribution >= 4 is 17.4 Å². The summed E-state index contributed by atoms with van der Waals surface area (Å²) in [5.41, 5.74) is 0. The minimum atomic E-state index is 0.283. The van der Waals surface area contributed by atoms with Crippen molar-refractivity contribution in [2.45, 2.75) is 33.3 Å². The number of methoxy groups -OCH3 is 1. The van der Waals surface area contributed by atoms with Crippen molar-refractivity contribution in [1.29, 1.82) is 0 Å². The quantitative estimate of drug-likeness (QED) is 0.538. The Hall–Kier alpha value is -0.540. The van der Waals surface area contributed by atoms with E-state index in [-0.39, 0.29) is 6.10 Å². The first-order valence-electron chi connectivity index (χ1n) is 5.08. The molecule has 0 aliphatic rings. The second kappa shape index (κ2) is 7.71. The molecule has 3 nitrogen and oxygen atoms in total. The summed E-state index contributed by atoms with van der Waals surface area (Å²) in [4.78, 5) is 6.32. The lowest BCUT2D eigenvalue weighted by Gasteiger charge is -2.20. The Balaban J connectivity index is 4.04. The van der Waals surface area contributed by atoms with Gasteiger partial charge in [0.1, 0.15) is 5.84 Å². The molecule has 0 spiro atoms. The van der Waals surface area contributed by atoms with Gasteiger partial charge in [-0.25, -0.2) is 4.99 Å². The van der Waals surface area contributed by atoms with Crippen LogP contribution in [0.5, 0.6) is 0 Å². The van der Waals surface area contributed by atoms with Crippen LogP contribution in [0, 0.1) is 0 Å². The Morgan fingerprint density at radius 3 is 2.60 bits per heavy atom. The summed E-state index contributed by atoms with van der Waals surface area (Å²) in [5.74, 6) is 0.957. The smallest absolute Gasteiger partial charge is 0.101 e. The van der Waals surface area contributed by atoms with Gasteiger partial charge in [0.2, 0.25) is 0 Å². The first kappa shape index (κ1) is 14.5. The second-order valence-electron chi connectivity index (χ2n) is 3.65. The van der Waals surface area contributed by atoms with Crippen LogP contribution in [0.4, 0.5) is 0 Å². The number of hydrogen-bond donors (Lipinski definition) is 0. The van der Waals surface area contributed by atoms with Crippen LogP contribution in [0.2, 0.25) is 0 Å². The molecule has 0 radical (unpaired) electrons. The van der Waals surface area contributed by atoms with E-state index in [1.165, 1.54) is 0 Å². The molecular formula is C11H21ClN2O. The molecule has 0 bridgehead atoms. The van der Waals surface area contributed by atoms with Gasteiger partial charge >= 0.3 is 0 Å². The molecule has 0 amide bonds. The van der Waals surface area contributed by atoms with Crippen molar-refractivity contribution < 1.29 is 4.74 Å². The Morgan fingerprint density at radius 1 is 1.53 bits per heavy atom. The van der Waals surface area contributed by atoms with E-state index < -0.39 is 0 Å². The van der Waals surface area contributed by atoms with E-state index >= 15 is 0 Å². The van der Waals surface area contributed by atoms with Gasteiger partial charge in [0.25, 0.3) is 0 Å². The summed E-state index contributed by atoms with van der Waals surface area (Å²) in [6, 6.07) is 0. The van der Waals surface area contributed by atoms with Gasteiger partial charge in [0.15, 0.2) is 0 Å². The SMILES string of the molecule is COC(C)CCN(C)C(C)=N/C=C(\C)Cl. The second-order valence-corrected chi connectivity index (χ2v) is 4.24. The number of rotatable bonds is 5.